The summed E-state index contributed by atoms with van der Waals surface area (Å²) >= 11 is 1.42. The Labute approximate surface area is 169 Å². The van der Waals surface area contributed by atoms with E-state index in [1.807, 2.05) is 86.0 Å². The van der Waals surface area contributed by atoms with Gasteiger partial charge in [0.05, 0.1) is 11.3 Å². The minimum atomic E-state index is -0.330. The molecule has 0 atom stereocenters. The Morgan fingerprint density at radius 2 is 1.61 bits per heavy atom. The quantitative estimate of drug-likeness (QED) is 0.510. The fourth-order valence-corrected chi connectivity index (χ4v) is 3.68. The van der Waals surface area contributed by atoms with Crippen LogP contribution in [0.5, 0.6) is 0 Å². The number of carbonyl (C=O) groups excluding carboxylic acids is 2. The first-order valence-corrected chi connectivity index (χ1v) is 9.97. The summed E-state index contributed by atoms with van der Waals surface area (Å²) in [5.74, 6) is -0.355. The average molecular weight is 394 g/mol. The van der Waals surface area contributed by atoms with E-state index in [0.717, 1.165) is 22.0 Å². The van der Waals surface area contributed by atoms with Gasteiger partial charge < -0.3 is 4.57 Å². The molecule has 0 bridgehead atoms. The van der Waals surface area contributed by atoms with E-state index in [1.54, 1.807) is 0 Å². The van der Waals surface area contributed by atoms with Gasteiger partial charge in [0.2, 0.25) is 5.91 Å². The van der Waals surface area contributed by atoms with Crippen molar-refractivity contribution in [3.8, 4) is 5.69 Å². The Hall–Kier alpha value is -2.99. The van der Waals surface area contributed by atoms with E-state index in [2.05, 4.69) is 10.9 Å². The highest BCUT2D eigenvalue weighted by Gasteiger charge is 2.17. The van der Waals surface area contributed by atoms with Crippen molar-refractivity contribution in [1.29, 1.82) is 0 Å². The number of hydrogen-bond donors (Lipinski definition) is 2. The van der Waals surface area contributed by atoms with Crippen LogP contribution in [0.2, 0.25) is 0 Å². The third-order valence-electron chi connectivity index (χ3n) is 4.40. The second kappa shape index (κ2) is 8.80. The van der Waals surface area contributed by atoms with Gasteiger partial charge in [-0.25, -0.2) is 0 Å². The number of amides is 2. The summed E-state index contributed by atoms with van der Waals surface area (Å²) in [6.07, 6.45) is 0. The lowest BCUT2D eigenvalue weighted by atomic mass is 10.2. The molecular formula is C22H23N3O2S. The van der Waals surface area contributed by atoms with E-state index in [4.69, 9.17) is 0 Å². The summed E-state index contributed by atoms with van der Waals surface area (Å²) in [6.45, 7) is 5.86. The van der Waals surface area contributed by atoms with Crippen molar-refractivity contribution in [2.24, 2.45) is 0 Å². The van der Waals surface area contributed by atoms with Crippen molar-refractivity contribution in [1.82, 2.24) is 15.4 Å². The first-order valence-electron chi connectivity index (χ1n) is 8.98. The highest BCUT2D eigenvalue weighted by Crippen LogP contribution is 2.20. The van der Waals surface area contributed by atoms with Crippen LogP contribution < -0.4 is 10.9 Å². The fraction of sp³-hybridized carbons (Fsp3) is 0.182. The lowest BCUT2D eigenvalue weighted by Crippen LogP contribution is -2.42. The predicted molar refractivity (Wildman–Crippen MR) is 113 cm³/mol. The van der Waals surface area contributed by atoms with Crippen LogP contribution in [-0.2, 0) is 4.79 Å². The SMILES string of the molecule is Cc1ccc(SCC(=O)NNC(=O)c2cc(C)n(-c3ccccc3)c2C)cc1. The molecule has 2 N–H and O–H groups in total. The predicted octanol–water partition coefficient (Wildman–Crippen LogP) is 3.96. The van der Waals surface area contributed by atoms with Gasteiger partial charge in [-0.15, -0.1) is 11.8 Å². The molecule has 0 saturated carbocycles. The van der Waals surface area contributed by atoms with Gasteiger partial charge in [0.25, 0.3) is 5.91 Å². The molecule has 1 aromatic heterocycles. The van der Waals surface area contributed by atoms with Gasteiger partial charge in [0.1, 0.15) is 0 Å². The highest BCUT2D eigenvalue weighted by molar-refractivity contribution is 8.00. The molecule has 0 unspecified atom stereocenters. The van der Waals surface area contributed by atoms with Crippen molar-refractivity contribution >= 4 is 23.6 Å². The first-order chi connectivity index (χ1) is 13.5. The number of thioether (sulfide) groups is 1. The molecular weight excluding hydrogens is 370 g/mol. The molecule has 144 valence electrons. The highest BCUT2D eigenvalue weighted by atomic mass is 32.2. The maximum absolute atomic E-state index is 12.5. The second-order valence-electron chi connectivity index (χ2n) is 6.56. The van der Waals surface area contributed by atoms with E-state index in [1.165, 1.54) is 17.3 Å². The Morgan fingerprint density at radius 1 is 0.929 bits per heavy atom. The number of carbonyl (C=O) groups is 2. The fourth-order valence-electron chi connectivity index (χ4n) is 2.98. The van der Waals surface area contributed by atoms with Gasteiger partial charge in [-0.05, 0) is 51.1 Å². The Morgan fingerprint density at radius 3 is 2.29 bits per heavy atom. The lowest BCUT2D eigenvalue weighted by molar-refractivity contribution is -0.119. The van der Waals surface area contributed by atoms with Crippen LogP contribution in [0.1, 0.15) is 27.3 Å². The number of hydrazine groups is 1. The standard InChI is InChI=1S/C22H23N3O2S/c1-15-9-11-19(12-10-15)28-14-21(26)23-24-22(27)20-13-16(2)25(17(20)3)18-7-5-4-6-8-18/h4-13H,14H2,1-3H3,(H,23,26)(H,24,27). The second-order valence-corrected chi connectivity index (χ2v) is 7.61. The maximum atomic E-state index is 12.5. The summed E-state index contributed by atoms with van der Waals surface area (Å²) in [6, 6.07) is 19.6. The molecule has 0 aliphatic carbocycles. The molecule has 2 aromatic carbocycles. The molecule has 0 radical (unpaired) electrons. The molecule has 1 heterocycles. The van der Waals surface area contributed by atoms with Crippen LogP contribution >= 0.6 is 11.8 Å². The number of rotatable bonds is 5. The number of para-hydroxylation sites is 1. The van der Waals surface area contributed by atoms with Crippen molar-refractivity contribution in [3.05, 3.63) is 83.2 Å². The Kier molecular flexibility index (Phi) is 6.21. The smallest absolute Gasteiger partial charge is 0.271 e. The van der Waals surface area contributed by atoms with Crippen molar-refractivity contribution in [3.63, 3.8) is 0 Å². The van der Waals surface area contributed by atoms with Crippen molar-refractivity contribution in [2.45, 2.75) is 25.7 Å². The van der Waals surface area contributed by atoms with E-state index in [9.17, 15) is 9.59 Å². The van der Waals surface area contributed by atoms with Gasteiger partial charge in [-0.3, -0.25) is 20.4 Å². The summed E-state index contributed by atoms with van der Waals surface area (Å²) in [4.78, 5) is 25.6. The number of aryl methyl sites for hydroxylation is 2. The number of benzene rings is 2. The molecule has 5 nitrogen and oxygen atoms in total. The average Bonchev–Trinajstić information content (AvgIpc) is 3.00. The normalized spacial score (nSPS) is 10.5. The number of nitrogens with one attached hydrogen (secondary N) is 2. The first kappa shape index (κ1) is 19.8. The molecule has 0 aliphatic heterocycles. The summed E-state index contributed by atoms with van der Waals surface area (Å²) < 4.78 is 2.02. The number of nitrogens with zero attached hydrogens (tertiary/aromatic N) is 1. The molecule has 0 saturated heterocycles. The van der Waals surface area contributed by atoms with Crippen LogP contribution in [0.15, 0.2) is 65.6 Å². The van der Waals surface area contributed by atoms with Crippen LogP contribution in [0.25, 0.3) is 5.69 Å². The third kappa shape index (κ3) is 4.64. The summed E-state index contributed by atoms with van der Waals surface area (Å²) in [5.41, 5.74) is 9.48. The van der Waals surface area contributed by atoms with Gasteiger partial charge >= 0.3 is 0 Å². The topological polar surface area (TPSA) is 63.1 Å². The Balaban J connectivity index is 1.59. The molecule has 28 heavy (non-hydrogen) atoms. The monoisotopic (exact) mass is 393 g/mol. The van der Waals surface area contributed by atoms with Crippen LogP contribution in [-0.4, -0.2) is 22.1 Å². The molecule has 0 fully saturated rings. The number of hydrogen-bond acceptors (Lipinski definition) is 3. The summed E-state index contributed by atoms with van der Waals surface area (Å²) in [5, 5.41) is 0. The van der Waals surface area contributed by atoms with Crippen LogP contribution in [0, 0.1) is 20.8 Å². The molecule has 3 aromatic rings. The van der Waals surface area contributed by atoms with Crippen LogP contribution in [0.3, 0.4) is 0 Å². The molecule has 0 aliphatic rings. The van der Waals surface area contributed by atoms with E-state index in [-0.39, 0.29) is 17.6 Å². The van der Waals surface area contributed by atoms with Crippen molar-refractivity contribution < 1.29 is 9.59 Å². The zero-order chi connectivity index (χ0) is 20.1. The van der Waals surface area contributed by atoms with Gasteiger partial charge in [-0.2, -0.15) is 0 Å². The third-order valence-corrected chi connectivity index (χ3v) is 5.41. The van der Waals surface area contributed by atoms with Crippen molar-refractivity contribution in [2.75, 3.05) is 5.75 Å². The zero-order valence-corrected chi connectivity index (χ0v) is 17.0. The minimum absolute atomic E-state index is 0.229. The minimum Gasteiger partial charge on any atom is -0.318 e. The molecule has 2 amide bonds. The lowest BCUT2D eigenvalue weighted by Gasteiger charge is -2.10. The van der Waals surface area contributed by atoms with E-state index >= 15 is 0 Å². The number of aromatic nitrogens is 1. The molecule has 6 heteroatoms. The Bertz CT molecular complexity index is 979. The maximum Gasteiger partial charge on any atom is 0.271 e. The molecule has 3 rings (SSSR count). The largest absolute Gasteiger partial charge is 0.318 e. The zero-order valence-electron chi connectivity index (χ0n) is 16.2. The van der Waals surface area contributed by atoms with Gasteiger partial charge in [0.15, 0.2) is 0 Å². The molecule has 0 spiro atoms. The summed E-state index contributed by atoms with van der Waals surface area (Å²) in [7, 11) is 0. The van der Waals surface area contributed by atoms with E-state index < -0.39 is 0 Å². The van der Waals surface area contributed by atoms with Gasteiger partial charge in [0, 0.05) is 22.0 Å². The van der Waals surface area contributed by atoms with Gasteiger partial charge in [-0.1, -0.05) is 35.9 Å². The van der Waals surface area contributed by atoms with E-state index in [0.29, 0.717) is 5.56 Å². The van der Waals surface area contributed by atoms with Crippen LogP contribution in [0.4, 0.5) is 0 Å².